The molecule has 0 amide bonds. The molecule has 6 heteroatoms. The lowest BCUT2D eigenvalue weighted by Gasteiger charge is -2.12. The van der Waals surface area contributed by atoms with E-state index in [9.17, 15) is 0 Å². The van der Waals surface area contributed by atoms with Gasteiger partial charge in [0.25, 0.3) is 0 Å². The van der Waals surface area contributed by atoms with Crippen molar-refractivity contribution in [3.8, 4) is 11.4 Å². The quantitative estimate of drug-likeness (QED) is 0.690. The Morgan fingerprint density at radius 2 is 1.85 bits per heavy atom. The molecule has 1 N–H and O–H groups in total. The van der Waals surface area contributed by atoms with Crippen LogP contribution in [0.1, 0.15) is 19.0 Å². The third-order valence-electron chi connectivity index (χ3n) is 2.75. The Labute approximate surface area is 142 Å². The molecule has 0 saturated heterocycles. The fraction of sp³-hybridized carbons (Fsp3) is 0.286. The molecule has 0 aliphatic carbocycles. The first-order chi connectivity index (χ1) is 9.54. The normalized spacial score (nSPS) is 10.7. The van der Waals surface area contributed by atoms with Gasteiger partial charge in [-0.25, -0.2) is 9.97 Å². The van der Waals surface area contributed by atoms with E-state index in [-0.39, 0.29) is 0 Å². The van der Waals surface area contributed by atoms with Crippen LogP contribution >= 0.6 is 45.8 Å². The Morgan fingerprint density at radius 3 is 2.45 bits per heavy atom. The largest absolute Gasteiger partial charge is 0.369 e. The number of benzene rings is 1. The molecule has 0 spiro atoms. The van der Waals surface area contributed by atoms with E-state index in [0.29, 0.717) is 21.4 Å². The van der Waals surface area contributed by atoms with Gasteiger partial charge in [0.15, 0.2) is 5.82 Å². The van der Waals surface area contributed by atoms with Crippen molar-refractivity contribution in [2.45, 2.75) is 20.3 Å². The summed E-state index contributed by atoms with van der Waals surface area (Å²) in [6.45, 7) is 4.93. The molecule has 0 saturated carbocycles. The van der Waals surface area contributed by atoms with Gasteiger partial charge in [0.2, 0.25) is 0 Å². The van der Waals surface area contributed by atoms with Crippen LogP contribution < -0.4 is 5.32 Å². The van der Waals surface area contributed by atoms with Crippen LogP contribution in [0.4, 0.5) is 5.82 Å². The van der Waals surface area contributed by atoms with E-state index in [1.807, 2.05) is 13.0 Å². The second kappa shape index (κ2) is 6.91. The first kappa shape index (κ1) is 15.8. The van der Waals surface area contributed by atoms with Crippen LogP contribution in [0.15, 0.2) is 18.2 Å². The van der Waals surface area contributed by atoms with Gasteiger partial charge in [-0.1, -0.05) is 36.2 Å². The first-order valence-corrected chi connectivity index (χ1v) is 8.10. The third-order valence-corrected chi connectivity index (χ3v) is 4.67. The molecule has 0 unspecified atom stereocenters. The molecule has 1 aromatic carbocycles. The summed E-state index contributed by atoms with van der Waals surface area (Å²) in [5, 5.41) is 4.42. The number of halogens is 3. The fourth-order valence-corrected chi connectivity index (χ4v) is 2.74. The molecule has 0 aliphatic rings. The summed E-state index contributed by atoms with van der Waals surface area (Å²) in [4.78, 5) is 9.07. The molecule has 0 aliphatic heterocycles. The summed E-state index contributed by atoms with van der Waals surface area (Å²) < 4.78 is 1.02. The highest BCUT2D eigenvalue weighted by molar-refractivity contribution is 14.1. The monoisotopic (exact) mass is 421 g/mol. The molecule has 20 heavy (non-hydrogen) atoms. The average Bonchev–Trinajstić information content (AvgIpc) is 2.40. The minimum absolute atomic E-state index is 0.553. The predicted octanol–water partition coefficient (Wildman–Crippen LogP) is 5.19. The van der Waals surface area contributed by atoms with Crippen molar-refractivity contribution < 1.29 is 0 Å². The van der Waals surface area contributed by atoms with Crippen LogP contribution in [0.3, 0.4) is 0 Å². The summed E-state index contributed by atoms with van der Waals surface area (Å²) in [6, 6.07) is 5.39. The lowest BCUT2D eigenvalue weighted by atomic mass is 10.2. The van der Waals surface area contributed by atoms with Gasteiger partial charge in [-0.3, -0.25) is 0 Å². The van der Waals surface area contributed by atoms with Crippen LogP contribution in [0.2, 0.25) is 10.0 Å². The molecular weight excluding hydrogens is 408 g/mol. The van der Waals surface area contributed by atoms with Crippen LogP contribution in [-0.2, 0) is 0 Å². The van der Waals surface area contributed by atoms with Gasteiger partial charge in [-0.05, 0) is 48.1 Å². The Kier molecular flexibility index (Phi) is 5.46. The zero-order valence-corrected chi connectivity index (χ0v) is 14.8. The highest BCUT2D eigenvalue weighted by Crippen LogP contribution is 2.34. The molecule has 1 aromatic heterocycles. The number of aromatic nitrogens is 2. The van der Waals surface area contributed by atoms with Gasteiger partial charge in [0, 0.05) is 6.54 Å². The highest BCUT2D eigenvalue weighted by atomic mass is 127. The van der Waals surface area contributed by atoms with Gasteiger partial charge in [0.1, 0.15) is 5.82 Å². The first-order valence-electron chi connectivity index (χ1n) is 6.27. The van der Waals surface area contributed by atoms with E-state index < -0.39 is 0 Å². The van der Waals surface area contributed by atoms with Crippen LogP contribution in [0.25, 0.3) is 11.4 Å². The summed E-state index contributed by atoms with van der Waals surface area (Å²) >= 11 is 14.7. The van der Waals surface area contributed by atoms with Crippen molar-refractivity contribution in [2.75, 3.05) is 11.9 Å². The summed E-state index contributed by atoms with van der Waals surface area (Å²) in [5.41, 5.74) is 1.58. The molecule has 2 rings (SSSR count). The van der Waals surface area contributed by atoms with Crippen molar-refractivity contribution >= 4 is 51.6 Å². The highest BCUT2D eigenvalue weighted by Gasteiger charge is 2.15. The number of anilines is 1. The lowest BCUT2D eigenvalue weighted by Crippen LogP contribution is -2.07. The smallest absolute Gasteiger partial charge is 0.164 e. The van der Waals surface area contributed by atoms with E-state index in [1.165, 1.54) is 0 Å². The van der Waals surface area contributed by atoms with Gasteiger partial charge < -0.3 is 5.32 Å². The van der Waals surface area contributed by atoms with E-state index in [0.717, 1.165) is 28.0 Å². The van der Waals surface area contributed by atoms with Crippen LogP contribution in [0.5, 0.6) is 0 Å². The van der Waals surface area contributed by atoms with E-state index in [1.54, 1.807) is 12.1 Å². The molecule has 2 aromatic rings. The lowest BCUT2D eigenvalue weighted by molar-refractivity contribution is 0.958. The molecule has 3 nitrogen and oxygen atoms in total. The second-order valence-corrected chi connectivity index (χ2v) is 6.21. The van der Waals surface area contributed by atoms with Crippen molar-refractivity contribution in [1.82, 2.24) is 9.97 Å². The number of hydrogen-bond acceptors (Lipinski definition) is 3. The van der Waals surface area contributed by atoms with Crippen molar-refractivity contribution in [1.29, 1.82) is 0 Å². The van der Waals surface area contributed by atoms with Gasteiger partial charge in [0.05, 0.1) is 24.9 Å². The summed E-state index contributed by atoms with van der Waals surface area (Å²) in [6.07, 6.45) is 1.03. The van der Waals surface area contributed by atoms with Gasteiger partial charge in [-0.15, -0.1) is 0 Å². The van der Waals surface area contributed by atoms with Crippen molar-refractivity contribution in [3.63, 3.8) is 0 Å². The number of aryl methyl sites for hydroxylation is 1. The minimum atomic E-state index is 0.553. The Bertz CT molecular complexity index is 612. The average molecular weight is 422 g/mol. The van der Waals surface area contributed by atoms with E-state index in [2.05, 4.69) is 44.8 Å². The number of hydrogen-bond donors (Lipinski definition) is 1. The second-order valence-electron chi connectivity index (χ2n) is 4.32. The molecule has 0 bridgehead atoms. The molecule has 1 heterocycles. The maximum Gasteiger partial charge on any atom is 0.164 e. The molecule has 0 fully saturated rings. The maximum absolute atomic E-state index is 6.23. The SMILES string of the molecule is CCCNc1nc(-c2c(Cl)cccc2Cl)nc(C)c1I. The van der Waals surface area contributed by atoms with Crippen molar-refractivity contribution in [2.24, 2.45) is 0 Å². The molecule has 0 radical (unpaired) electrons. The van der Waals surface area contributed by atoms with Gasteiger partial charge >= 0.3 is 0 Å². The third kappa shape index (κ3) is 3.35. The summed E-state index contributed by atoms with van der Waals surface area (Å²) in [5.74, 6) is 1.38. The number of nitrogens with one attached hydrogen (secondary N) is 1. The topological polar surface area (TPSA) is 37.8 Å². The molecular formula is C14H14Cl2IN3. The zero-order chi connectivity index (χ0) is 14.7. The Hall–Kier alpha value is -0.590. The minimum Gasteiger partial charge on any atom is -0.369 e. The van der Waals surface area contributed by atoms with E-state index >= 15 is 0 Å². The maximum atomic E-state index is 6.23. The van der Waals surface area contributed by atoms with Crippen LogP contribution in [-0.4, -0.2) is 16.5 Å². The van der Waals surface area contributed by atoms with Crippen LogP contribution in [0, 0.1) is 10.5 Å². The molecule has 0 atom stereocenters. The van der Waals surface area contributed by atoms with Gasteiger partial charge in [-0.2, -0.15) is 0 Å². The zero-order valence-electron chi connectivity index (χ0n) is 11.2. The van der Waals surface area contributed by atoms with Crippen molar-refractivity contribution in [3.05, 3.63) is 37.5 Å². The fourth-order valence-electron chi connectivity index (χ4n) is 1.74. The Balaban J connectivity index is 2.55. The summed E-state index contributed by atoms with van der Waals surface area (Å²) in [7, 11) is 0. The predicted molar refractivity (Wildman–Crippen MR) is 93.7 cm³/mol. The number of nitrogens with zero attached hydrogens (tertiary/aromatic N) is 2. The molecule has 106 valence electrons. The number of rotatable bonds is 4. The standard InChI is InChI=1S/C14H14Cl2IN3/c1-3-7-18-14-12(17)8(2)19-13(20-14)11-9(15)5-4-6-10(11)16/h4-6H,3,7H2,1-2H3,(H,18,19,20). The Morgan fingerprint density at radius 1 is 1.20 bits per heavy atom. The van der Waals surface area contributed by atoms with E-state index in [4.69, 9.17) is 23.2 Å².